The van der Waals surface area contributed by atoms with E-state index < -0.39 is 5.82 Å². The van der Waals surface area contributed by atoms with Gasteiger partial charge in [-0.25, -0.2) is 4.39 Å². The normalized spacial score (nSPS) is 10.3. The minimum atomic E-state index is -0.496. The lowest BCUT2D eigenvalue weighted by molar-refractivity contribution is 0.0951. The van der Waals surface area contributed by atoms with Crippen LogP contribution >= 0.6 is 23.2 Å². The van der Waals surface area contributed by atoms with E-state index in [0.29, 0.717) is 21.8 Å². The van der Waals surface area contributed by atoms with Gasteiger partial charge in [0.1, 0.15) is 5.82 Å². The quantitative estimate of drug-likeness (QED) is 0.850. The lowest BCUT2D eigenvalue weighted by Crippen LogP contribution is -2.22. The highest BCUT2D eigenvalue weighted by molar-refractivity contribution is 6.31. The van der Waals surface area contributed by atoms with Crippen molar-refractivity contribution in [1.29, 1.82) is 0 Å². The SMILES string of the molecule is Nc1cc(Cl)cc(C(=O)NCc2ccc(F)c(Cl)c2)c1. The molecule has 104 valence electrons. The molecule has 0 aromatic heterocycles. The van der Waals surface area contributed by atoms with Crippen molar-refractivity contribution in [2.24, 2.45) is 0 Å². The van der Waals surface area contributed by atoms with Crippen LogP contribution < -0.4 is 11.1 Å². The van der Waals surface area contributed by atoms with Crippen LogP contribution in [0.3, 0.4) is 0 Å². The molecule has 6 heteroatoms. The Morgan fingerprint density at radius 1 is 1.20 bits per heavy atom. The van der Waals surface area contributed by atoms with Crippen molar-refractivity contribution in [3.8, 4) is 0 Å². The molecule has 0 radical (unpaired) electrons. The van der Waals surface area contributed by atoms with Crippen LogP contribution in [-0.4, -0.2) is 5.91 Å². The smallest absolute Gasteiger partial charge is 0.251 e. The van der Waals surface area contributed by atoms with E-state index >= 15 is 0 Å². The number of halogens is 3. The van der Waals surface area contributed by atoms with Crippen LogP contribution in [0.1, 0.15) is 15.9 Å². The van der Waals surface area contributed by atoms with Crippen molar-refractivity contribution < 1.29 is 9.18 Å². The number of hydrogen-bond acceptors (Lipinski definition) is 2. The highest BCUT2D eigenvalue weighted by Gasteiger charge is 2.08. The summed E-state index contributed by atoms with van der Waals surface area (Å²) in [5.41, 5.74) is 7.09. The van der Waals surface area contributed by atoms with Crippen molar-refractivity contribution in [2.45, 2.75) is 6.54 Å². The lowest BCUT2D eigenvalue weighted by Gasteiger charge is -2.07. The molecule has 0 bridgehead atoms. The van der Waals surface area contributed by atoms with Crippen LogP contribution in [0.25, 0.3) is 0 Å². The van der Waals surface area contributed by atoms with Crippen molar-refractivity contribution in [3.63, 3.8) is 0 Å². The van der Waals surface area contributed by atoms with E-state index in [-0.39, 0.29) is 17.5 Å². The number of carbonyl (C=O) groups is 1. The van der Waals surface area contributed by atoms with Crippen molar-refractivity contribution in [1.82, 2.24) is 5.32 Å². The maximum absolute atomic E-state index is 13.0. The van der Waals surface area contributed by atoms with Gasteiger partial charge in [0.05, 0.1) is 5.02 Å². The fourth-order valence-corrected chi connectivity index (χ4v) is 2.12. The van der Waals surface area contributed by atoms with Crippen LogP contribution in [0, 0.1) is 5.82 Å². The molecule has 0 fully saturated rings. The highest BCUT2D eigenvalue weighted by Crippen LogP contribution is 2.18. The predicted octanol–water partition coefficient (Wildman–Crippen LogP) is 3.64. The first kappa shape index (κ1) is 14.6. The topological polar surface area (TPSA) is 55.1 Å². The molecule has 0 atom stereocenters. The Kier molecular flexibility index (Phi) is 4.47. The Morgan fingerprint density at radius 2 is 1.95 bits per heavy atom. The third kappa shape index (κ3) is 3.62. The molecule has 0 aliphatic heterocycles. The summed E-state index contributed by atoms with van der Waals surface area (Å²) in [6.07, 6.45) is 0. The summed E-state index contributed by atoms with van der Waals surface area (Å²) in [6.45, 7) is 0.227. The zero-order chi connectivity index (χ0) is 14.7. The number of nitrogens with one attached hydrogen (secondary N) is 1. The van der Waals surface area contributed by atoms with E-state index in [0.717, 1.165) is 0 Å². The predicted molar refractivity (Wildman–Crippen MR) is 78.4 cm³/mol. The Morgan fingerprint density at radius 3 is 2.60 bits per heavy atom. The second kappa shape index (κ2) is 6.11. The van der Waals surface area contributed by atoms with Gasteiger partial charge < -0.3 is 11.1 Å². The van der Waals surface area contributed by atoms with Gasteiger partial charge in [0.25, 0.3) is 5.91 Å². The van der Waals surface area contributed by atoms with Gasteiger partial charge in [-0.05, 0) is 35.9 Å². The lowest BCUT2D eigenvalue weighted by atomic mass is 10.1. The van der Waals surface area contributed by atoms with Gasteiger partial charge in [0.2, 0.25) is 0 Å². The zero-order valence-corrected chi connectivity index (χ0v) is 11.8. The van der Waals surface area contributed by atoms with Gasteiger partial charge in [0, 0.05) is 22.8 Å². The average molecular weight is 313 g/mol. The number of nitrogen functional groups attached to an aromatic ring is 1. The number of carbonyl (C=O) groups excluding carboxylic acids is 1. The Hall–Kier alpha value is -1.78. The molecule has 0 aliphatic rings. The summed E-state index contributed by atoms with van der Waals surface area (Å²) in [6, 6.07) is 8.86. The van der Waals surface area contributed by atoms with Gasteiger partial charge in [-0.3, -0.25) is 4.79 Å². The Balaban J connectivity index is 2.06. The molecule has 0 spiro atoms. The van der Waals surface area contributed by atoms with E-state index in [2.05, 4.69) is 5.32 Å². The number of rotatable bonds is 3. The van der Waals surface area contributed by atoms with Crippen LogP contribution in [0.15, 0.2) is 36.4 Å². The molecular weight excluding hydrogens is 302 g/mol. The zero-order valence-electron chi connectivity index (χ0n) is 10.3. The molecule has 0 heterocycles. The third-order valence-corrected chi connectivity index (χ3v) is 3.13. The summed E-state index contributed by atoms with van der Waals surface area (Å²) >= 11 is 11.5. The van der Waals surface area contributed by atoms with Crippen LogP contribution in [0.5, 0.6) is 0 Å². The monoisotopic (exact) mass is 312 g/mol. The van der Waals surface area contributed by atoms with E-state index in [4.69, 9.17) is 28.9 Å². The maximum Gasteiger partial charge on any atom is 0.251 e. The summed E-state index contributed by atoms with van der Waals surface area (Å²) in [5.74, 6) is -0.816. The molecular formula is C14H11Cl2FN2O. The molecule has 1 amide bonds. The molecule has 20 heavy (non-hydrogen) atoms. The average Bonchev–Trinajstić information content (AvgIpc) is 2.38. The molecule has 0 unspecified atom stereocenters. The molecule has 0 aliphatic carbocycles. The number of benzene rings is 2. The van der Waals surface area contributed by atoms with E-state index in [9.17, 15) is 9.18 Å². The number of anilines is 1. The molecule has 2 aromatic rings. The second-order valence-electron chi connectivity index (χ2n) is 4.20. The standard InChI is InChI=1S/C14H11Cl2FN2O/c15-10-4-9(5-11(18)6-10)14(20)19-7-8-1-2-13(17)12(16)3-8/h1-6H,7,18H2,(H,19,20). The number of hydrogen-bond donors (Lipinski definition) is 2. The third-order valence-electron chi connectivity index (χ3n) is 2.62. The van der Waals surface area contributed by atoms with Crippen LogP contribution in [0.4, 0.5) is 10.1 Å². The second-order valence-corrected chi connectivity index (χ2v) is 5.05. The van der Waals surface area contributed by atoms with Crippen molar-refractivity contribution in [3.05, 3.63) is 63.4 Å². The molecule has 2 rings (SSSR count). The molecule has 3 N–H and O–H groups in total. The Bertz CT molecular complexity index is 641. The minimum Gasteiger partial charge on any atom is -0.399 e. The first-order valence-electron chi connectivity index (χ1n) is 5.74. The van der Waals surface area contributed by atoms with E-state index in [1.54, 1.807) is 12.1 Å². The molecule has 2 aromatic carbocycles. The number of amides is 1. The molecule has 0 saturated heterocycles. The Labute approximate surface area is 125 Å². The van der Waals surface area contributed by atoms with Crippen LogP contribution in [0.2, 0.25) is 10.0 Å². The fourth-order valence-electron chi connectivity index (χ4n) is 1.68. The van der Waals surface area contributed by atoms with Gasteiger partial charge in [-0.2, -0.15) is 0 Å². The maximum atomic E-state index is 13.0. The summed E-state index contributed by atoms with van der Waals surface area (Å²) in [5, 5.41) is 3.09. The van der Waals surface area contributed by atoms with Gasteiger partial charge in [-0.15, -0.1) is 0 Å². The fraction of sp³-hybridized carbons (Fsp3) is 0.0714. The first-order valence-corrected chi connectivity index (χ1v) is 6.49. The largest absolute Gasteiger partial charge is 0.399 e. The number of nitrogens with two attached hydrogens (primary N) is 1. The summed E-state index contributed by atoms with van der Waals surface area (Å²) < 4.78 is 13.0. The van der Waals surface area contributed by atoms with Gasteiger partial charge in [-0.1, -0.05) is 29.3 Å². The molecule has 0 saturated carbocycles. The minimum absolute atomic E-state index is 0.0174. The summed E-state index contributed by atoms with van der Waals surface area (Å²) in [7, 11) is 0. The van der Waals surface area contributed by atoms with Crippen LogP contribution in [-0.2, 0) is 6.54 Å². The van der Waals surface area contributed by atoms with Gasteiger partial charge >= 0.3 is 0 Å². The van der Waals surface area contributed by atoms with Crippen molar-refractivity contribution in [2.75, 3.05) is 5.73 Å². The van der Waals surface area contributed by atoms with E-state index in [1.165, 1.54) is 24.3 Å². The van der Waals surface area contributed by atoms with Crippen molar-refractivity contribution >= 4 is 34.8 Å². The highest BCUT2D eigenvalue weighted by atomic mass is 35.5. The van der Waals surface area contributed by atoms with Gasteiger partial charge in [0.15, 0.2) is 0 Å². The molecule has 3 nitrogen and oxygen atoms in total. The summed E-state index contributed by atoms with van der Waals surface area (Å²) in [4.78, 5) is 11.9. The van der Waals surface area contributed by atoms with E-state index in [1.807, 2.05) is 0 Å². The first-order chi connectivity index (χ1) is 9.45.